The van der Waals surface area contributed by atoms with Gasteiger partial charge in [-0.25, -0.2) is 4.79 Å². The molecule has 8 heteroatoms. The number of carbonyl (C=O) groups is 3. The minimum atomic E-state index is -1.32. The SMILES string of the molecule is Cc1ccc(C(C(=O)Nc2ccc3ccccc3c2)N(C(=O)C(CO)NC(=O)OC(C)(C)C)C(C)(C)C)cc1C. The Hall–Kier alpha value is -3.91. The van der Waals surface area contributed by atoms with E-state index in [9.17, 15) is 19.5 Å². The number of nitrogens with zero attached hydrogens (tertiary/aromatic N) is 1. The number of aliphatic hydroxyl groups excluding tert-OH is 1. The maximum Gasteiger partial charge on any atom is 0.408 e. The van der Waals surface area contributed by atoms with Crippen LogP contribution < -0.4 is 10.6 Å². The number of ether oxygens (including phenoxy) is 1. The van der Waals surface area contributed by atoms with Gasteiger partial charge in [0.15, 0.2) is 0 Å². The monoisotopic (exact) mass is 547 g/mol. The standard InChI is InChI=1S/C32H41N3O5/c1-20-13-14-24(17-21(20)2)27(28(37)33-25-16-15-22-11-9-10-12-23(22)18-25)35(31(3,4)5)29(38)26(19-36)34-30(39)40-32(6,7)8/h9-18,26-27,36H,19H2,1-8H3,(H,33,37)(H,34,39). The van der Waals surface area contributed by atoms with E-state index in [-0.39, 0.29) is 0 Å². The number of amides is 3. The molecule has 0 aliphatic rings. The van der Waals surface area contributed by atoms with E-state index >= 15 is 0 Å². The molecule has 3 aromatic rings. The molecule has 0 saturated carbocycles. The number of nitrogens with one attached hydrogen (secondary N) is 2. The van der Waals surface area contributed by atoms with Crippen molar-refractivity contribution in [2.45, 2.75) is 78.6 Å². The molecule has 40 heavy (non-hydrogen) atoms. The summed E-state index contributed by atoms with van der Waals surface area (Å²) in [4.78, 5) is 42.1. The lowest BCUT2D eigenvalue weighted by Gasteiger charge is -2.43. The number of benzene rings is 3. The number of fused-ring (bicyclic) bond motifs is 1. The number of alkyl carbamates (subject to hydrolysis) is 1. The molecule has 0 heterocycles. The van der Waals surface area contributed by atoms with Crippen molar-refractivity contribution in [1.29, 1.82) is 0 Å². The first kappa shape index (κ1) is 30.6. The molecule has 2 unspecified atom stereocenters. The molecule has 3 aromatic carbocycles. The molecule has 0 aliphatic heterocycles. The van der Waals surface area contributed by atoms with Crippen LogP contribution in [0, 0.1) is 13.8 Å². The van der Waals surface area contributed by atoms with Crippen molar-refractivity contribution in [2.24, 2.45) is 0 Å². The summed E-state index contributed by atoms with van der Waals surface area (Å²) in [5.41, 5.74) is 1.55. The van der Waals surface area contributed by atoms with Gasteiger partial charge < -0.3 is 25.4 Å². The third-order valence-corrected chi connectivity index (χ3v) is 6.50. The smallest absolute Gasteiger partial charge is 0.408 e. The average molecular weight is 548 g/mol. The fourth-order valence-corrected chi connectivity index (χ4v) is 4.48. The van der Waals surface area contributed by atoms with Gasteiger partial charge in [0.1, 0.15) is 17.7 Å². The summed E-state index contributed by atoms with van der Waals surface area (Å²) in [6.07, 6.45) is -0.836. The van der Waals surface area contributed by atoms with E-state index < -0.39 is 47.7 Å². The maximum atomic E-state index is 14.1. The van der Waals surface area contributed by atoms with Crippen LogP contribution in [-0.4, -0.2) is 51.7 Å². The van der Waals surface area contributed by atoms with Crippen molar-refractivity contribution in [2.75, 3.05) is 11.9 Å². The van der Waals surface area contributed by atoms with Crippen LogP contribution in [0.5, 0.6) is 0 Å². The summed E-state index contributed by atoms with van der Waals surface area (Å²) in [7, 11) is 0. The van der Waals surface area contributed by atoms with Gasteiger partial charge >= 0.3 is 6.09 Å². The Morgan fingerprint density at radius 3 is 2.10 bits per heavy atom. The van der Waals surface area contributed by atoms with Gasteiger partial charge in [-0.2, -0.15) is 0 Å². The maximum absolute atomic E-state index is 14.1. The molecule has 8 nitrogen and oxygen atoms in total. The van der Waals surface area contributed by atoms with E-state index in [2.05, 4.69) is 10.6 Å². The molecule has 0 radical (unpaired) electrons. The normalized spacial score (nSPS) is 13.3. The minimum Gasteiger partial charge on any atom is -0.444 e. The Morgan fingerprint density at radius 1 is 0.875 bits per heavy atom. The predicted molar refractivity (Wildman–Crippen MR) is 158 cm³/mol. The lowest BCUT2D eigenvalue weighted by Crippen LogP contribution is -2.59. The fraction of sp³-hybridized carbons (Fsp3) is 0.406. The highest BCUT2D eigenvalue weighted by molar-refractivity contribution is 6.00. The van der Waals surface area contributed by atoms with E-state index in [1.165, 1.54) is 4.90 Å². The van der Waals surface area contributed by atoms with Crippen molar-refractivity contribution in [3.63, 3.8) is 0 Å². The van der Waals surface area contributed by atoms with Gasteiger partial charge in [0, 0.05) is 11.2 Å². The quantitative estimate of drug-likeness (QED) is 0.354. The first-order valence-electron chi connectivity index (χ1n) is 13.4. The Labute approximate surface area is 236 Å². The molecule has 0 fully saturated rings. The third kappa shape index (κ3) is 7.60. The number of hydrogen-bond acceptors (Lipinski definition) is 5. The highest BCUT2D eigenvalue weighted by Gasteiger charge is 2.42. The second kappa shape index (κ2) is 12.1. The van der Waals surface area contributed by atoms with E-state index in [4.69, 9.17) is 4.74 Å². The first-order chi connectivity index (χ1) is 18.6. The summed E-state index contributed by atoms with van der Waals surface area (Å²) in [6.45, 7) is 13.8. The molecular formula is C32H41N3O5. The summed E-state index contributed by atoms with van der Waals surface area (Å²) >= 11 is 0. The van der Waals surface area contributed by atoms with Gasteiger partial charge in [-0.05, 0) is 95.0 Å². The largest absolute Gasteiger partial charge is 0.444 e. The van der Waals surface area contributed by atoms with Crippen molar-refractivity contribution < 1.29 is 24.2 Å². The van der Waals surface area contributed by atoms with E-state index in [0.717, 1.165) is 21.9 Å². The molecular weight excluding hydrogens is 506 g/mol. The van der Waals surface area contributed by atoms with E-state index in [1.807, 2.05) is 95.3 Å². The molecule has 0 saturated heterocycles. The van der Waals surface area contributed by atoms with Crippen LogP contribution in [0.2, 0.25) is 0 Å². The number of hydrogen-bond donors (Lipinski definition) is 3. The second-order valence-corrected chi connectivity index (χ2v) is 12.1. The number of rotatable bonds is 7. The van der Waals surface area contributed by atoms with Crippen LogP contribution in [0.25, 0.3) is 10.8 Å². The Balaban J connectivity index is 2.06. The molecule has 0 aliphatic carbocycles. The number of aryl methyl sites for hydroxylation is 2. The van der Waals surface area contributed by atoms with Crippen LogP contribution in [0.1, 0.15) is 64.3 Å². The fourth-order valence-electron chi connectivity index (χ4n) is 4.48. The zero-order valence-electron chi connectivity index (χ0n) is 24.7. The number of anilines is 1. The van der Waals surface area contributed by atoms with Crippen molar-refractivity contribution in [1.82, 2.24) is 10.2 Å². The van der Waals surface area contributed by atoms with Crippen LogP contribution >= 0.6 is 0 Å². The van der Waals surface area contributed by atoms with Crippen LogP contribution in [-0.2, 0) is 14.3 Å². The molecule has 214 valence electrons. The summed E-state index contributed by atoms with van der Waals surface area (Å²) in [6, 6.07) is 16.7. The highest BCUT2D eigenvalue weighted by Crippen LogP contribution is 2.32. The van der Waals surface area contributed by atoms with Gasteiger partial charge in [0.05, 0.1) is 6.61 Å². The molecule has 0 bridgehead atoms. The zero-order valence-corrected chi connectivity index (χ0v) is 24.7. The lowest BCUT2D eigenvalue weighted by molar-refractivity contribution is -0.147. The topological polar surface area (TPSA) is 108 Å². The lowest BCUT2D eigenvalue weighted by atomic mass is 9.93. The molecule has 2 atom stereocenters. The van der Waals surface area contributed by atoms with Gasteiger partial charge in [0.25, 0.3) is 5.91 Å². The molecule has 3 amide bonds. The summed E-state index contributed by atoms with van der Waals surface area (Å²) < 4.78 is 5.31. The van der Waals surface area contributed by atoms with Crippen LogP contribution in [0.3, 0.4) is 0 Å². The van der Waals surface area contributed by atoms with Gasteiger partial charge in [-0.15, -0.1) is 0 Å². The first-order valence-corrected chi connectivity index (χ1v) is 13.4. The third-order valence-electron chi connectivity index (χ3n) is 6.50. The second-order valence-electron chi connectivity index (χ2n) is 12.1. The van der Waals surface area contributed by atoms with Crippen molar-refractivity contribution in [3.05, 3.63) is 77.4 Å². The molecule has 0 spiro atoms. The van der Waals surface area contributed by atoms with Gasteiger partial charge in [-0.1, -0.05) is 48.5 Å². The van der Waals surface area contributed by atoms with Crippen molar-refractivity contribution >= 4 is 34.4 Å². The Kier molecular flexibility index (Phi) is 9.25. The molecule has 3 rings (SSSR count). The van der Waals surface area contributed by atoms with Crippen LogP contribution in [0.15, 0.2) is 60.7 Å². The summed E-state index contributed by atoms with van der Waals surface area (Å²) in [5.74, 6) is -1.03. The number of carbonyl (C=O) groups excluding carboxylic acids is 3. The summed E-state index contributed by atoms with van der Waals surface area (Å²) in [5, 5.41) is 17.6. The Morgan fingerprint density at radius 2 is 1.52 bits per heavy atom. The Bertz CT molecular complexity index is 1390. The van der Waals surface area contributed by atoms with E-state index in [0.29, 0.717) is 11.3 Å². The molecule has 3 N–H and O–H groups in total. The van der Waals surface area contributed by atoms with Gasteiger partial charge in [0.2, 0.25) is 5.91 Å². The minimum absolute atomic E-state index is 0.421. The van der Waals surface area contributed by atoms with E-state index in [1.54, 1.807) is 20.8 Å². The zero-order chi connectivity index (χ0) is 29.8. The van der Waals surface area contributed by atoms with Gasteiger partial charge in [-0.3, -0.25) is 9.59 Å². The number of aliphatic hydroxyl groups is 1. The highest BCUT2D eigenvalue weighted by atomic mass is 16.6. The predicted octanol–water partition coefficient (Wildman–Crippen LogP) is 5.65. The van der Waals surface area contributed by atoms with Crippen molar-refractivity contribution in [3.8, 4) is 0 Å². The van der Waals surface area contributed by atoms with Crippen LogP contribution in [0.4, 0.5) is 10.5 Å². The average Bonchev–Trinajstić information content (AvgIpc) is 2.85. The molecule has 0 aromatic heterocycles.